The number of amides is 3. The minimum Gasteiger partial charge on any atom is -0.444 e. The zero-order valence-corrected chi connectivity index (χ0v) is 25.6. The zero-order chi connectivity index (χ0) is 28.6. The highest BCUT2D eigenvalue weighted by Gasteiger charge is 2.42. The fourth-order valence-electron chi connectivity index (χ4n) is 4.23. The first kappa shape index (κ1) is 32.8. The van der Waals surface area contributed by atoms with Crippen molar-refractivity contribution in [2.24, 2.45) is 0 Å². The number of thioether (sulfide) groups is 1. The molecule has 1 aromatic rings. The molecule has 0 saturated heterocycles. The van der Waals surface area contributed by atoms with Crippen molar-refractivity contribution in [3.05, 3.63) is 34.9 Å². The van der Waals surface area contributed by atoms with Gasteiger partial charge in [0, 0.05) is 11.6 Å². The molecule has 7 nitrogen and oxygen atoms in total. The second-order valence-electron chi connectivity index (χ2n) is 11.8. The molecule has 37 heavy (non-hydrogen) atoms. The number of carbonyl (C=O) groups is 3. The van der Waals surface area contributed by atoms with Gasteiger partial charge in [0.05, 0.1) is 0 Å². The van der Waals surface area contributed by atoms with Crippen molar-refractivity contribution >= 4 is 29.7 Å². The molecular weight excluding hydrogens is 486 g/mol. The lowest BCUT2D eigenvalue weighted by molar-refractivity contribution is -0.148. The first-order valence-electron chi connectivity index (χ1n) is 13.2. The molecule has 0 aliphatic rings. The molecule has 0 bridgehead atoms. The largest absolute Gasteiger partial charge is 0.444 e. The van der Waals surface area contributed by atoms with Crippen molar-refractivity contribution in [3.63, 3.8) is 0 Å². The van der Waals surface area contributed by atoms with Crippen LogP contribution in [0.2, 0.25) is 0 Å². The van der Waals surface area contributed by atoms with E-state index in [9.17, 15) is 14.4 Å². The number of hydrogen-bond acceptors (Lipinski definition) is 5. The second-order valence-corrected chi connectivity index (χ2v) is 12.8. The van der Waals surface area contributed by atoms with E-state index in [2.05, 4.69) is 17.6 Å². The number of ether oxygens (including phenoxy) is 1. The SMILES string of the molecule is CCCC(C)NC(=O)C(c1cc(C)ccc1C)N(C(=O)C(CCSC)NC(=O)OC(C)(C)C)C(C)(C)C. The molecule has 0 aliphatic carbocycles. The average Bonchev–Trinajstić information content (AvgIpc) is 2.74. The Labute approximate surface area is 228 Å². The van der Waals surface area contributed by atoms with Crippen molar-refractivity contribution in [2.75, 3.05) is 12.0 Å². The molecule has 2 N–H and O–H groups in total. The van der Waals surface area contributed by atoms with Crippen LogP contribution in [0.3, 0.4) is 0 Å². The van der Waals surface area contributed by atoms with Gasteiger partial charge in [0.1, 0.15) is 17.7 Å². The smallest absolute Gasteiger partial charge is 0.408 e. The maximum atomic E-state index is 14.3. The summed E-state index contributed by atoms with van der Waals surface area (Å²) in [5.41, 5.74) is 1.31. The molecule has 0 saturated carbocycles. The van der Waals surface area contributed by atoms with E-state index in [-0.39, 0.29) is 17.9 Å². The van der Waals surface area contributed by atoms with Gasteiger partial charge in [0.15, 0.2) is 0 Å². The van der Waals surface area contributed by atoms with Gasteiger partial charge in [-0.2, -0.15) is 11.8 Å². The summed E-state index contributed by atoms with van der Waals surface area (Å²) in [6.07, 6.45) is 3.50. The van der Waals surface area contributed by atoms with Gasteiger partial charge in [-0.1, -0.05) is 37.1 Å². The lowest BCUT2D eigenvalue weighted by Crippen LogP contribution is -2.59. The number of benzene rings is 1. The normalized spacial score (nSPS) is 14.4. The second kappa shape index (κ2) is 14.1. The van der Waals surface area contributed by atoms with Crippen LogP contribution in [-0.4, -0.2) is 58.0 Å². The Balaban J connectivity index is 3.63. The summed E-state index contributed by atoms with van der Waals surface area (Å²) < 4.78 is 5.46. The van der Waals surface area contributed by atoms with Crippen LogP contribution in [0, 0.1) is 13.8 Å². The fraction of sp³-hybridized carbons (Fsp3) is 0.690. The van der Waals surface area contributed by atoms with Gasteiger partial charge in [-0.3, -0.25) is 9.59 Å². The van der Waals surface area contributed by atoms with Crippen LogP contribution in [0.5, 0.6) is 0 Å². The Morgan fingerprint density at radius 2 is 1.65 bits per heavy atom. The van der Waals surface area contributed by atoms with Gasteiger partial charge < -0.3 is 20.3 Å². The maximum Gasteiger partial charge on any atom is 0.408 e. The Bertz CT molecular complexity index is 921. The molecule has 3 amide bonds. The lowest BCUT2D eigenvalue weighted by Gasteiger charge is -2.43. The summed E-state index contributed by atoms with van der Waals surface area (Å²) in [5, 5.41) is 5.93. The van der Waals surface area contributed by atoms with E-state index in [0.29, 0.717) is 12.2 Å². The molecule has 0 heterocycles. The third kappa shape index (κ3) is 10.6. The van der Waals surface area contributed by atoms with E-state index in [4.69, 9.17) is 4.74 Å². The molecule has 0 radical (unpaired) electrons. The van der Waals surface area contributed by atoms with Gasteiger partial charge >= 0.3 is 6.09 Å². The van der Waals surface area contributed by atoms with Crippen LogP contribution >= 0.6 is 11.8 Å². The standard InChI is InChI=1S/C29H49N3O4S/c1-12-13-21(4)30-25(33)24(22-18-19(2)14-15-20(22)3)32(28(5,6)7)26(34)23(16-17-37-11)31-27(35)36-29(8,9)10/h14-15,18,21,23-24H,12-13,16-17H2,1-11H3,(H,30,33)(H,31,35). The van der Waals surface area contributed by atoms with E-state index in [0.717, 1.165) is 29.5 Å². The molecule has 0 aromatic heterocycles. The fourth-order valence-corrected chi connectivity index (χ4v) is 4.71. The molecule has 0 spiro atoms. The minimum atomic E-state index is -0.857. The highest BCUT2D eigenvalue weighted by molar-refractivity contribution is 7.98. The van der Waals surface area contributed by atoms with Crippen LogP contribution in [0.1, 0.15) is 97.4 Å². The summed E-state index contributed by atoms with van der Waals surface area (Å²) in [5.74, 6) is 0.133. The van der Waals surface area contributed by atoms with E-state index < -0.39 is 29.3 Å². The van der Waals surface area contributed by atoms with Gasteiger partial charge in [0.2, 0.25) is 11.8 Å². The number of carbonyl (C=O) groups excluding carboxylic acids is 3. The number of aryl methyl sites for hydroxylation is 2. The summed E-state index contributed by atoms with van der Waals surface area (Å²) in [7, 11) is 0. The summed E-state index contributed by atoms with van der Waals surface area (Å²) in [6, 6.07) is 4.24. The Morgan fingerprint density at radius 3 is 2.16 bits per heavy atom. The van der Waals surface area contributed by atoms with E-state index in [1.54, 1.807) is 37.4 Å². The molecule has 8 heteroatoms. The number of nitrogens with zero attached hydrogens (tertiary/aromatic N) is 1. The van der Waals surface area contributed by atoms with Crippen molar-refractivity contribution in [2.45, 2.75) is 118 Å². The molecule has 0 fully saturated rings. The quantitative estimate of drug-likeness (QED) is 0.367. The minimum absolute atomic E-state index is 0.0331. The predicted octanol–water partition coefficient (Wildman–Crippen LogP) is 5.92. The predicted molar refractivity (Wildman–Crippen MR) is 154 cm³/mol. The topological polar surface area (TPSA) is 87.7 Å². The van der Waals surface area contributed by atoms with Crippen molar-refractivity contribution in [3.8, 4) is 0 Å². The molecule has 0 aliphatic heterocycles. The molecule has 1 aromatic carbocycles. The van der Waals surface area contributed by atoms with Crippen LogP contribution in [-0.2, 0) is 14.3 Å². The van der Waals surface area contributed by atoms with Crippen LogP contribution in [0.15, 0.2) is 18.2 Å². The Hall–Kier alpha value is -2.22. The van der Waals surface area contributed by atoms with Crippen LogP contribution in [0.4, 0.5) is 4.79 Å². The molecule has 210 valence electrons. The van der Waals surface area contributed by atoms with E-state index in [1.807, 2.05) is 66.0 Å². The lowest BCUT2D eigenvalue weighted by atomic mass is 9.91. The highest BCUT2D eigenvalue weighted by atomic mass is 32.2. The van der Waals surface area contributed by atoms with Gasteiger partial charge in [-0.05, 0) is 98.3 Å². The molecule has 3 unspecified atom stereocenters. The first-order chi connectivity index (χ1) is 17.0. The van der Waals surface area contributed by atoms with E-state index >= 15 is 0 Å². The Kier molecular flexibility index (Phi) is 12.5. The van der Waals surface area contributed by atoms with Gasteiger partial charge in [0.25, 0.3) is 0 Å². The third-order valence-electron chi connectivity index (χ3n) is 5.91. The average molecular weight is 536 g/mol. The number of nitrogens with one attached hydrogen (secondary N) is 2. The molecule has 1 rings (SSSR count). The van der Waals surface area contributed by atoms with Gasteiger partial charge in [-0.15, -0.1) is 0 Å². The molecule has 3 atom stereocenters. The summed E-state index contributed by atoms with van der Waals surface area (Å²) >= 11 is 1.59. The van der Waals surface area contributed by atoms with Gasteiger partial charge in [-0.25, -0.2) is 4.79 Å². The first-order valence-corrected chi connectivity index (χ1v) is 14.6. The van der Waals surface area contributed by atoms with Crippen molar-refractivity contribution in [1.29, 1.82) is 0 Å². The third-order valence-corrected chi connectivity index (χ3v) is 6.55. The number of hydrogen-bond donors (Lipinski definition) is 2. The zero-order valence-electron chi connectivity index (χ0n) is 24.8. The molecular formula is C29H49N3O4S. The summed E-state index contributed by atoms with van der Waals surface area (Å²) in [4.78, 5) is 42.6. The van der Waals surface area contributed by atoms with Crippen molar-refractivity contribution in [1.82, 2.24) is 15.5 Å². The van der Waals surface area contributed by atoms with E-state index in [1.165, 1.54) is 0 Å². The number of alkyl carbamates (subject to hydrolysis) is 1. The van der Waals surface area contributed by atoms with Crippen LogP contribution < -0.4 is 10.6 Å². The Morgan fingerprint density at radius 1 is 1.03 bits per heavy atom. The van der Waals surface area contributed by atoms with Crippen molar-refractivity contribution < 1.29 is 19.1 Å². The maximum absolute atomic E-state index is 14.3. The summed E-state index contributed by atoms with van der Waals surface area (Å²) in [6.45, 7) is 19.1. The highest BCUT2D eigenvalue weighted by Crippen LogP contribution is 2.33. The van der Waals surface area contributed by atoms with Crippen LogP contribution in [0.25, 0.3) is 0 Å². The monoisotopic (exact) mass is 535 g/mol. The number of rotatable bonds is 11.